The Morgan fingerprint density at radius 2 is 1.47 bits per heavy atom. The predicted molar refractivity (Wildman–Crippen MR) is 45.3 cm³/mol. The van der Waals surface area contributed by atoms with Gasteiger partial charge >= 0.3 is 17.9 Å². The Balaban J connectivity index is 4.43. The highest BCUT2D eigenvalue weighted by molar-refractivity contribution is 6.33. The number of rotatable bonds is 7. The first-order chi connectivity index (χ1) is 6.84. The van der Waals surface area contributed by atoms with Crippen LogP contribution in [-0.4, -0.2) is 39.0 Å². The van der Waals surface area contributed by atoms with Gasteiger partial charge in [0.25, 0.3) is 0 Å². The van der Waals surface area contributed by atoms with Crippen LogP contribution in [0.15, 0.2) is 0 Å². The van der Waals surface area contributed by atoms with Crippen molar-refractivity contribution in [1.29, 1.82) is 0 Å². The molecule has 0 aliphatic rings. The van der Waals surface area contributed by atoms with Crippen LogP contribution in [0.4, 0.5) is 0 Å². The summed E-state index contributed by atoms with van der Waals surface area (Å²) in [5.74, 6) is -6.83. The van der Waals surface area contributed by atoms with E-state index in [1.807, 2.05) is 0 Å². The third-order valence-electron chi connectivity index (χ3n) is 1.71. The van der Waals surface area contributed by atoms with E-state index in [0.29, 0.717) is 0 Å². The first kappa shape index (κ1) is 13.1. The molecule has 0 aromatic rings. The van der Waals surface area contributed by atoms with Crippen molar-refractivity contribution in [2.75, 3.05) is 0 Å². The molecule has 0 bridgehead atoms. The minimum absolute atomic E-state index is 0.285. The second-order valence-corrected chi connectivity index (χ2v) is 2.90. The van der Waals surface area contributed by atoms with Crippen LogP contribution in [0.2, 0.25) is 0 Å². The van der Waals surface area contributed by atoms with E-state index < -0.39 is 42.5 Å². The van der Waals surface area contributed by atoms with Crippen molar-refractivity contribution in [2.24, 2.45) is 5.92 Å². The van der Waals surface area contributed by atoms with Gasteiger partial charge in [0.2, 0.25) is 5.78 Å². The van der Waals surface area contributed by atoms with Gasteiger partial charge in [-0.05, 0) is 6.42 Å². The van der Waals surface area contributed by atoms with Crippen LogP contribution in [0.3, 0.4) is 0 Å². The molecule has 0 radical (unpaired) electrons. The fraction of sp³-hybridized carbons (Fsp3) is 0.500. The van der Waals surface area contributed by atoms with Gasteiger partial charge in [0.1, 0.15) is 0 Å². The molecule has 0 saturated carbocycles. The zero-order chi connectivity index (χ0) is 12.0. The molecule has 0 rings (SSSR count). The number of carbonyl (C=O) groups excluding carboxylic acids is 1. The molecule has 7 heteroatoms. The van der Waals surface area contributed by atoms with Crippen molar-refractivity contribution in [3.63, 3.8) is 0 Å². The average molecular weight is 218 g/mol. The first-order valence-corrected chi connectivity index (χ1v) is 4.05. The lowest BCUT2D eigenvalue weighted by atomic mass is 9.95. The molecule has 0 aliphatic carbocycles. The Morgan fingerprint density at radius 1 is 0.933 bits per heavy atom. The molecule has 0 heterocycles. The highest BCUT2D eigenvalue weighted by atomic mass is 16.4. The Bertz CT molecular complexity index is 293. The summed E-state index contributed by atoms with van der Waals surface area (Å²) < 4.78 is 0. The molecular formula is C8H10O7. The highest BCUT2D eigenvalue weighted by Gasteiger charge is 2.27. The van der Waals surface area contributed by atoms with E-state index in [2.05, 4.69) is 0 Å². The third kappa shape index (κ3) is 5.40. The molecule has 3 N–H and O–H groups in total. The Hall–Kier alpha value is -1.92. The quantitative estimate of drug-likeness (QED) is 0.495. The molecule has 0 spiro atoms. The van der Waals surface area contributed by atoms with Crippen LogP contribution >= 0.6 is 0 Å². The summed E-state index contributed by atoms with van der Waals surface area (Å²) in [4.78, 5) is 41.7. The van der Waals surface area contributed by atoms with Crippen molar-refractivity contribution in [1.82, 2.24) is 0 Å². The minimum Gasteiger partial charge on any atom is -0.481 e. The van der Waals surface area contributed by atoms with E-state index in [0.717, 1.165) is 0 Å². The fourth-order valence-electron chi connectivity index (χ4n) is 1.01. The van der Waals surface area contributed by atoms with E-state index in [1.165, 1.54) is 0 Å². The van der Waals surface area contributed by atoms with Gasteiger partial charge in [-0.2, -0.15) is 0 Å². The maximum absolute atomic E-state index is 10.9. The molecular weight excluding hydrogens is 208 g/mol. The summed E-state index contributed by atoms with van der Waals surface area (Å²) in [6.45, 7) is 0. The third-order valence-corrected chi connectivity index (χ3v) is 1.71. The van der Waals surface area contributed by atoms with Crippen LogP contribution in [-0.2, 0) is 19.2 Å². The number of carboxylic acid groups (broad SMARTS) is 3. The van der Waals surface area contributed by atoms with Gasteiger partial charge in [-0.25, -0.2) is 4.79 Å². The van der Waals surface area contributed by atoms with Crippen LogP contribution in [0.25, 0.3) is 0 Å². The fourth-order valence-corrected chi connectivity index (χ4v) is 1.01. The molecule has 15 heavy (non-hydrogen) atoms. The number of Topliss-reactive ketones (excluding diaryl/α,β-unsaturated/α-hetero) is 1. The van der Waals surface area contributed by atoms with Gasteiger partial charge in [0.05, 0.1) is 6.42 Å². The molecule has 1 unspecified atom stereocenters. The Morgan fingerprint density at radius 3 is 1.80 bits per heavy atom. The van der Waals surface area contributed by atoms with Gasteiger partial charge in [-0.15, -0.1) is 0 Å². The lowest BCUT2D eigenvalue weighted by molar-refractivity contribution is -0.153. The van der Waals surface area contributed by atoms with Crippen molar-refractivity contribution < 1.29 is 34.5 Å². The van der Waals surface area contributed by atoms with Gasteiger partial charge in [-0.1, -0.05) is 0 Å². The topological polar surface area (TPSA) is 129 Å². The van der Waals surface area contributed by atoms with Gasteiger partial charge < -0.3 is 15.3 Å². The van der Waals surface area contributed by atoms with Crippen LogP contribution in [0.5, 0.6) is 0 Å². The molecule has 0 aromatic carbocycles. The first-order valence-electron chi connectivity index (χ1n) is 4.05. The summed E-state index contributed by atoms with van der Waals surface area (Å²) >= 11 is 0. The number of carbonyl (C=O) groups is 4. The standard InChI is InChI=1S/C8H10O7/c9-5(10)2-1-4(3-6(11)12)7(13)8(14)15/h4H,1-3H2,(H,9,10)(H,11,12)(H,14,15). The molecule has 84 valence electrons. The van der Waals surface area contributed by atoms with Crippen LogP contribution in [0.1, 0.15) is 19.3 Å². The number of aliphatic carboxylic acids is 3. The summed E-state index contributed by atoms with van der Waals surface area (Å²) in [6.07, 6.45) is -1.39. The Labute approximate surface area is 84.3 Å². The maximum atomic E-state index is 10.9. The molecule has 0 aliphatic heterocycles. The molecule has 0 aromatic heterocycles. The van der Waals surface area contributed by atoms with Gasteiger partial charge in [-0.3, -0.25) is 14.4 Å². The number of ketones is 1. The lowest BCUT2D eigenvalue weighted by Crippen LogP contribution is -2.26. The van der Waals surface area contributed by atoms with Crippen molar-refractivity contribution in [3.8, 4) is 0 Å². The molecule has 1 atom stereocenters. The second kappa shape index (κ2) is 5.74. The molecule has 0 fully saturated rings. The predicted octanol–water partition coefficient (Wildman–Crippen LogP) is -0.404. The van der Waals surface area contributed by atoms with E-state index in [1.54, 1.807) is 0 Å². The van der Waals surface area contributed by atoms with Crippen LogP contribution in [0, 0.1) is 5.92 Å². The molecule has 0 saturated heterocycles. The van der Waals surface area contributed by atoms with E-state index in [4.69, 9.17) is 15.3 Å². The van der Waals surface area contributed by atoms with Crippen molar-refractivity contribution in [3.05, 3.63) is 0 Å². The van der Waals surface area contributed by atoms with Crippen molar-refractivity contribution >= 4 is 23.7 Å². The second-order valence-electron chi connectivity index (χ2n) is 2.90. The largest absolute Gasteiger partial charge is 0.481 e. The molecule has 0 amide bonds. The SMILES string of the molecule is O=C(O)CCC(CC(=O)O)C(=O)C(=O)O. The molecule has 7 nitrogen and oxygen atoms in total. The monoisotopic (exact) mass is 218 g/mol. The van der Waals surface area contributed by atoms with E-state index >= 15 is 0 Å². The summed E-state index contributed by atoms with van der Waals surface area (Å²) in [6, 6.07) is 0. The van der Waals surface area contributed by atoms with E-state index in [-0.39, 0.29) is 6.42 Å². The number of carboxylic acids is 3. The minimum atomic E-state index is -1.74. The Kier molecular flexibility index (Phi) is 5.00. The van der Waals surface area contributed by atoms with Crippen molar-refractivity contribution in [2.45, 2.75) is 19.3 Å². The zero-order valence-corrected chi connectivity index (χ0v) is 7.67. The summed E-state index contributed by atoms with van der Waals surface area (Å²) in [5.41, 5.74) is 0. The number of hydrogen-bond acceptors (Lipinski definition) is 4. The lowest BCUT2D eigenvalue weighted by Gasteiger charge is -2.08. The van der Waals surface area contributed by atoms with Crippen LogP contribution < -0.4 is 0 Å². The number of hydrogen-bond donors (Lipinski definition) is 3. The average Bonchev–Trinajstić information content (AvgIpc) is 2.10. The van der Waals surface area contributed by atoms with E-state index in [9.17, 15) is 19.2 Å². The maximum Gasteiger partial charge on any atom is 0.372 e. The summed E-state index contributed by atoms with van der Waals surface area (Å²) in [7, 11) is 0. The highest BCUT2D eigenvalue weighted by Crippen LogP contribution is 2.13. The smallest absolute Gasteiger partial charge is 0.372 e. The van der Waals surface area contributed by atoms with Gasteiger partial charge in [0.15, 0.2) is 0 Å². The normalized spacial score (nSPS) is 11.7. The van der Waals surface area contributed by atoms with Gasteiger partial charge in [0, 0.05) is 12.3 Å². The zero-order valence-electron chi connectivity index (χ0n) is 7.67. The summed E-state index contributed by atoms with van der Waals surface area (Å²) in [5, 5.41) is 25.0.